The molecule has 4 nitrogen and oxygen atoms in total. The third kappa shape index (κ3) is 1.49. The molecule has 0 unspecified atom stereocenters. The van der Waals surface area contributed by atoms with Gasteiger partial charge in [0.15, 0.2) is 0 Å². The number of H-pyrrole nitrogens is 1. The van der Waals surface area contributed by atoms with E-state index in [4.69, 9.17) is 11.6 Å². The van der Waals surface area contributed by atoms with Crippen molar-refractivity contribution in [2.24, 2.45) is 0 Å². The fourth-order valence-electron chi connectivity index (χ4n) is 1.13. The third-order valence-corrected chi connectivity index (χ3v) is 2.53. The smallest absolute Gasteiger partial charge is 0.372 e. The van der Waals surface area contributed by atoms with Crippen LogP contribution in [0.5, 0.6) is 0 Å². The lowest BCUT2D eigenvalue weighted by Gasteiger charge is -1.98. The van der Waals surface area contributed by atoms with Crippen LogP contribution in [0, 0.1) is 0 Å². The van der Waals surface area contributed by atoms with E-state index in [9.17, 15) is 9.59 Å². The van der Waals surface area contributed by atoms with Crippen LogP contribution < -0.4 is 11.4 Å². The fourth-order valence-corrected chi connectivity index (χ4v) is 2.04. The van der Waals surface area contributed by atoms with Gasteiger partial charge in [0.05, 0.1) is 10.9 Å². The van der Waals surface area contributed by atoms with Crippen LogP contribution in [0.1, 0.15) is 0 Å². The molecule has 1 N–H and O–H groups in total. The lowest BCUT2D eigenvalue weighted by Crippen LogP contribution is -2.14. The van der Waals surface area contributed by atoms with E-state index in [0.717, 1.165) is 0 Å². The summed E-state index contributed by atoms with van der Waals surface area (Å²) in [5, 5.41) is 0.632. The summed E-state index contributed by atoms with van der Waals surface area (Å²) >= 11 is 8.91. The molecule has 0 radical (unpaired) electrons. The maximum absolute atomic E-state index is 11.2. The molecule has 0 saturated carbocycles. The van der Waals surface area contributed by atoms with Gasteiger partial charge in [0.2, 0.25) is 0 Å². The highest BCUT2D eigenvalue weighted by Gasteiger charge is 2.07. The van der Waals surface area contributed by atoms with Gasteiger partial charge in [-0.05, 0) is 28.1 Å². The van der Waals surface area contributed by atoms with Gasteiger partial charge in [0.25, 0.3) is 0 Å². The average Bonchev–Trinajstić information content (AvgIpc) is 2.07. The summed E-state index contributed by atoms with van der Waals surface area (Å²) in [6.07, 6.45) is 0. The minimum atomic E-state index is -0.787. The van der Waals surface area contributed by atoms with Crippen LogP contribution >= 0.6 is 27.5 Å². The number of halogens is 2. The molecule has 1 heterocycles. The van der Waals surface area contributed by atoms with Gasteiger partial charge < -0.3 is 4.42 Å². The molecule has 0 fully saturated rings. The molecule has 6 heteroatoms. The van der Waals surface area contributed by atoms with Crippen LogP contribution in [0.4, 0.5) is 0 Å². The Labute approximate surface area is 90.6 Å². The molecule has 0 saturated heterocycles. The van der Waals surface area contributed by atoms with Crippen molar-refractivity contribution in [1.29, 1.82) is 0 Å². The minimum absolute atomic E-state index is 0.240. The van der Waals surface area contributed by atoms with Crippen molar-refractivity contribution in [3.8, 4) is 0 Å². The quantitative estimate of drug-likeness (QED) is 0.799. The molecule has 14 heavy (non-hydrogen) atoms. The molecular formula is C8H3BrClNO3. The Balaban J connectivity index is 3.10. The van der Waals surface area contributed by atoms with E-state index in [2.05, 4.69) is 25.3 Å². The lowest BCUT2D eigenvalue weighted by molar-refractivity contribution is 0.460. The Hall–Kier alpha value is -1.07. The van der Waals surface area contributed by atoms with Gasteiger partial charge in [-0.2, -0.15) is 0 Å². The Kier molecular flexibility index (Phi) is 2.20. The van der Waals surface area contributed by atoms with Crippen molar-refractivity contribution in [3.63, 3.8) is 0 Å². The lowest BCUT2D eigenvalue weighted by atomic mass is 10.2. The number of rotatable bonds is 0. The van der Waals surface area contributed by atoms with Crippen molar-refractivity contribution in [2.45, 2.75) is 0 Å². The van der Waals surface area contributed by atoms with E-state index in [1.807, 2.05) is 0 Å². The summed E-state index contributed by atoms with van der Waals surface area (Å²) in [6.45, 7) is 0. The van der Waals surface area contributed by atoms with Gasteiger partial charge in [-0.15, -0.1) is 0 Å². The summed E-state index contributed by atoms with van der Waals surface area (Å²) < 4.78 is 4.90. The van der Waals surface area contributed by atoms with E-state index in [1.165, 1.54) is 6.07 Å². The van der Waals surface area contributed by atoms with E-state index >= 15 is 0 Å². The SMILES string of the molecule is O=c1[nH]c2c(Br)cc(Cl)cc2c(=O)o1. The molecular weight excluding hydrogens is 273 g/mol. The van der Waals surface area contributed by atoms with Crippen molar-refractivity contribution >= 4 is 38.4 Å². The summed E-state index contributed by atoms with van der Waals surface area (Å²) in [4.78, 5) is 24.5. The second-order valence-corrected chi connectivity index (χ2v) is 3.90. The van der Waals surface area contributed by atoms with Crippen molar-refractivity contribution in [3.05, 3.63) is 42.6 Å². The highest BCUT2D eigenvalue weighted by Crippen LogP contribution is 2.23. The fraction of sp³-hybridized carbons (Fsp3) is 0. The van der Waals surface area contributed by atoms with Crippen molar-refractivity contribution < 1.29 is 4.42 Å². The zero-order valence-electron chi connectivity index (χ0n) is 6.64. The number of aromatic amines is 1. The van der Waals surface area contributed by atoms with Crippen LogP contribution in [-0.2, 0) is 0 Å². The molecule has 0 aliphatic rings. The van der Waals surface area contributed by atoms with Gasteiger partial charge in [-0.1, -0.05) is 11.6 Å². The second kappa shape index (κ2) is 3.25. The summed E-state index contributed by atoms with van der Waals surface area (Å²) in [5.41, 5.74) is -0.317. The largest absolute Gasteiger partial charge is 0.419 e. The highest BCUT2D eigenvalue weighted by atomic mass is 79.9. The molecule has 0 spiro atoms. The van der Waals surface area contributed by atoms with E-state index < -0.39 is 11.4 Å². The van der Waals surface area contributed by atoms with Gasteiger partial charge >= 0.3 is 11.4 Å². The molecule has 2 rings (SSSR count). The number of nitrogens with one attached hydrogen (secondary N) is 1. The minimum Gasteiger partial charge on any atom is -0.372 e. The first-order valence-corrected chi connectivity index (χ1v) is 4.77. The number of hydrogen-bond acceptors (Lipinski definition) is 3. The molecule has 0 atom stereocenters. The van der Waals surface area contributed by atoms with Crippen LogP contribution in [-0.4, -0.2) is 4.98 Å². The van der Waals surface area contributed by atoms with Gasteiger partial charge in [-0.3, -0.25) is 4.98 Å². The summed E-state index contributed by atoms with van der Waals surface area (Å²) in [7, 11) is 0. The maximum atomic E-state index is 11.2. The number of benzene rings is 1. The topological polar surface area (TPSA) is 63.1 Å². The first-order chi connectivity index (χ1) is 6.58. The Morgan fingerprint density at radius 2 is 2.07 bits per heavy atom. The average molecular weight is 276 g/mol. The third-order valence-electron chi connectivity index (χ3n) is 1.69. The molecule has 1 aromatic carbocycles. The Morgan fingerprint density at radius 1 is 1.36 bits per heavy atom. The zero-order chi connectivity index (χ0) is 10.3. The summed E-state index contributed by atoms with van der Waals surface area (Å²) in [6, 6.07) is 3.02. The van der Waals surface area contributed by atoms with E-state index in [1.54, 1.807) is 6.07 Å². The molecule has 2 aromatic rings. The van der Waals surface area contributed by atoms with Gasteiger partial charge in [0, 0.05) is 9.50 Å². The Bertz CT molecular complexity index is 616. The molecule has 72 valence electrons. The predicted octanol–water partition coefficient (Wildman–Crippen LogP) is 1.90. The van der Waals surface area contributed by atoms with Gasteiger partial charge in [-0.25, -0.2) is 9.59 Å². The monoisotopic (exact) mass is 275 g/mol. The second-order valence-electron chi connectivity index (χ2n) is 2.61. The van der Waals surface area contributed by atoms with Crippen molar-refractivity contribution in [2.75, 3.05) is 0 Å². The van der Waals surface area contributed by atoms with Crippen LogP contribution in [0.25, 0.3) is 10.9 Å². The zero-order valence-corrected chi connectivity index (χ0v) is 8.98. The number of hydrogen-bond donors (Lipinski definition) is 1. The van der Waals surface area contributed by atoms with E-state index in [-0.39, 0.29) is 5.39 Å². The van der Waals surface area contributed by atoms with Crippen LogP contribution in [0.15, 0.2) is 30.6 Å². The first kappa shape index (κ1) is 9.48. The van der Waals surface area contributed by atoms with Gasteiger partial charge in [0.1, 0.15) is 0 Å². The number of fused-ring (bicyclic) bond motifs is 1. The normalized spacial score (nSPS) is 10.7. The molecule has 0 aliphatic carbocycles. The highest BCUT2D eigenvalue weighted by molar-refractivity contribution is 9.10. The standard InChI is InChI=1S/C8H3BrClNO3/c9-5-2-3(10)1-4-6(5)11-8(13)14-7(4)12/h1-2H,(H,11,13). The summed E-state index contributed by atoms with van der Waals surface area (Å²) in [5.74, 6) is -0.787. The van der Waals surface area contributed by atoms with Crippen LogP contribution in [0.3, 0.4) is 0 Å². The molecule has 0 aliphatic heterocycles. The number of aromatic nitrogens is 1. The maximum Gasteiger partial charge on any atom is 0.419 e. The van der Waals surface area contributed by atoms with Crippen LogP contribution in [0.2, 0.25) is 5.02 Å². The predicted molar refractivity (Wildman–Crippen MR) is 55.8 cm³/mol. The van der Waals surface area contributed by atoms with Crippen molar-refractivity contribution in [1.82, 2.24) is 4.98 Å². The molecule has 0 bridgehead atoms. The molecule has 1 aromatic heterocycles. The first-order valence-electron chi connectivity index (χ1n) is 3.60. The van der Waals surface area contributed by atoms with E-state index in [0.29, 0.717) is 15.0 Å². The molecule has 0 amide bonds. The Morgan fingerprint density at radius 3 is 2.79 bits per heavy atom.